The van der Waals surface area contributed by atoms with Crippen molar-refractivity contribution in [2.45, 2.75) is 6.92 Å². The van der Waals surface area contributed by atoms with Gasteiger partial charge in [-0.3, -0.25) is 4.79 Å². The second-order valence-electron chi connectivity index (χ2n) is 3.10. The highest BCUT2D eigenvalue weighted by molar-refractivity contribution is 9.10. The molecule has 1 heterocycles. The molecule has 1 aromatic heterocycles. The molecule has 0 aliphatic rings. The van der Waals surface area contributed by atoms with E-state index in [1.807, 2.05) is 24.3 Å². The van der Waals surface area contributed by atoms with Gasteiger partial charge in [0.25, 0.3) is 0 Å². The van der Waals surface area contributed by atoms with Crippen LogP contribution in [0.15, 0.2) is 28.7 Å². The van der Waals surface area contributed by atoms with Crippen LogP contribution in [0.25, 0.3) is 10.6 Å². The minimum atomic E-state index is -0.140. The fourth-order valence-electron chi connectivity index (χ4n) is 1.13. The predicted octanol–water partition coefficient (Wildman–Crippen LogP) is 2.93. The zero-order valence-electron chi connectivity index (χ0n) is 8.40. The van der Waals surface area contributed by atoms with Crippen molar-refractivity contribution in [1.82, 2.24) is 10.2 Å². The number of nitrogens with one attached hydrogen (secondary N) is 1. The molecule has 1 N–H and O–H groups in total. The lowest BCUT2D eigenvalue weighted by molar-refractivity contribution is -0.114. The fraction of sp³-hybridized carbons (Fsp3) is 0.100. The number of nitrogens with zero attached hydrogens (tertiary/aromatic N) is 2. The van der Waals surface area contributed by atoms with Gasteiger partial charge in [-0.05, 0) is 12.1 Å². The summed E-state index contributed by atoms with van der Waals surface area (Å²) in [6.45, 7) is 1.45. The van der Waals surface area contributed by atoms with Crippen molar-refractivity contribution < 1.29 is 4.79 Å². The van der Waals surface area contributed by atoms with Gasteiger partial charge in [0, 0.05) is 17.0 Å². The van der Waals surface area contributed by atoms with Crippen molar-refractivity contribution in [3.63, 3.8) is 0 Å². The molecule has 0 fully saturated rings. The van der Waals surface area contributed by atoms with E-state index in [0.29, 0.717) is 5.13 Å². The molecule has 6 heteroatoms. The van der Waals surface area contributed by atoms with Crippen LogP contribution < -0.4 is 5.32 Å². The second kappa shape index (κ2) is 4.71. The molecule has 0 aliphatic heterocycles. The normalized spacial score (nSPS) is 10.1. The Bertz CT molecular complexity index is 509. The second-order valence-corrected chi connectivity index (χ2v) is 4.99. The van der Waals surface area contributed by atoms with E-state index in [9.17, 15) is 4.79 Å². The van der Waals surface area contributed by atoms with Crippen molar-refractivity contribution in [2.24, 2.45) is 0 Å². The molecule has 0 aliphatic carbocycles. The van der Waals surface area contributed by atoms with E-state index in [2.05, 4.69) is 31.4 Å². The number of halogens is 1. The van der Waals surface area contributed by atoms with E-state index in [-0.39, 0.29) is 5.91 Å². The van der Waals surface area contributed by atoms with Crippen molar-refractivity contribution in [3.8, 4) is 10.6 Å². The van der Waals surface area contributed by atoms with Crippen LogP contribution in [0.5, 0.6) is 0 Å². The zero-order valence-corrected chi connectivity index (χ0v) is 10.8. The van der Waals surface area contributed by atoms with Crippen molar-refractivity contribution in [2.75, 3.05) is 5.32 Å². The Hall–Kier alpha value is -1.27. The monoisotopic (exact) mass is 297 g/mol. The molecule has 82 valence electrons. The lowest BCUT2D eigenvalue weighted by Crippen LogP contribution is -2.04. The van der Waals surface area contributed by atoms with Crippen LogP contribution in [0.3, 0.4) is 0 Å². The van der Waals surface area contributed by atoms with E-state index < -0.39 is 0 Å². The Balaban J connectivity index is 2.24. The first-order valence-electron chi connectivity index (χ1n) is 4.52. The standard InChI is InChI=1S/C10H8BrN3OS/c1-6(15)12-10-14-13-9(16-10)7-2-4-8(11)5-3-7/h2-5H,1H3,(H,12,14,15). The summed E-state index contributed by atoms with van der Waals surface area (Å²) in [7, 11) is 0. The third kappa shape index (κ3) is 2.65. The lowest BCUT2D eigenvalue weighted by atomic mass is 10.2. The van der Waals surface area contributed by atoms with Crippen molar-refractivity contribution in [3.05, 3.63) is 28.7 Å². The van der Waals surface area contributed by atoms with Crippen LogP contribution >= 0.6 is 27.3 Å². The van der Waals surface area contributed by atoms with Crippen molar-refractivity contribution >= 4 is 38.3 Å². The summed E-state index contributed by atoms with van der Waals surface area (Å²) >= 11 is 4.72. The maximum atomic E-state index is 10.8. The highest BCUT2D eigenvalue weighted by atomic mass is 79.9. The molecule has 2 rings (SSSR count). The summed E-state index contributed by atoms with van der Waals surface area (Å²) < 4.78 is 1.02. The number of hydrogen-bond donors (Lipinski definition) is 1. The van der Waals surface area contributed by atoms with Gasteiger partial charge in [-0.25, -0.2) is 0 Å². The van der Waals surface area contributed by atoms with Gasteiger partial charge in [0.05, 0.1) is 0 Å². The quantitative estimate of drug-likeness (QED) is 0.927. The molecule has 0 radical (unpaired) electrons. The third-order valence-electron chi connectivity index (χ3n) is 1.80. The minimum absolute atomic E-state index is 0.140. The molecule has 1 amide bonds. The first kappa shape index (κ1) is 11.2. The van der Waals surface area contributed by atoms with Crippen LogP contribution in [0, 0.1) is 0 Å². The molecule has 0 atom stereocenters. The summed E-state index contributed by atoms with van der Waals surface area (Å²) in [6, 6.07) is 7.77. The predicted molar refractivity (Wildman–Crippen MR) is 67.3 cm³/mol. The molecule has 1 aromatic carbocycles. The number of rotatable bonds is 2. The van der Waals surface area contributed by atoms with Crippen LogP contribution in [0.2, 0.25) is 0 Å². The summed E-state index contributed by atoms with van der Waals surface area (Å²) in [5.74, 6) is -0.140. The van der Waals surface area contributed by atoms with Crippen LogP contribution in [0.4, 0.5) is 5.13 Å². The van der Waals surface area contributed by atoms with Gasteiger partial charge in [0.1, 0.15) is 5.01 Å². The Kier molecular flexibility index (Phi) is 3.31. The lowest BCUT2D eigenvalue weighted by Gasteiger charge is -1.94. The van der Waals surface area contributed by atoms with E-state index in [0.717, 1.165) is 15.0 Å². The number of benzene rings is 1. The fourth-order valence-corrected chi connectivity index (χ4v) is 2.19. The SMILES string of the molecule is CC(=O)Nc1nnc(-c2ccc(Br)cc2)s1. The molecule has 0 bridgehead atoms. The summed E-state index contributed by atoms with van der Waals surface area (Å²) in [4.78, 5) is 10.8. The van der Waals surface area contributed by atoms with Gasteiger partial charge in [-0.1, -0.05) is 39.4 Å². The molecule has 4 nitrogen and oxygen atoms in total. The number of carbonyl (C=O) groups is 1. The highest BCUT2D eigenvalue weighted by Gasteiger charge is 2.06. The molecule has 0 spiro atoms. The molecule has 0 unspecified atom stereocenters. The highest BCUT2D eigenvalue weighted by Crippen LogP contribution is 2.27. The average molecular weight is 298 g/mol. The number of carbonyl (C=O) groups excluding carboxylic acids is 1. The van der Waals surface area contributed by atoms with E-state index in [1.165, 1.54) is 18.3 Å². The Labute approximate surface area is 105 Å². The molecular weight excluding hydrogens is 290 g/mol. The van der Waals surface area contributed by atoms with Gasteiger partial charge in [0.15, 0.2) is 0 Å². The molecule has 0 saturated carbocycles. The van der Waals surface area contributed by atoms with Gasteiger partial charge in [-0.15, -0.1) is 10.2 Å². The first-order chi connectivity index (χ1) is 7.65. The number of hydrogen-bond acceptors (Lipinski definition) is 4. The number of amides is 1. The maximum Gasteiger partial charge on any atom is 0.223 e. The van der Waals surface area contributed by atoms with Crippen LogP contribution in [-0.4, -0.2) is 16.1 Å². The Morgan fingerprint density at radius 1 is 1.31 bits per heavy atom. The van der Waals surface area contributed by atoms with E-state index >= 15 is 0 Å². The van der Waals surface area contributed by atoms with Gasteiger partial charge >= 0.3 is 0 Å². The summed E-state index contributed by atoms with van der Waals surface area (Å²) in [6.07, 6.45) is 0. The van der Waals surface area contributed by atoms with E-state index in [1.54, 1.807) is 0 Å². The number of anilines is 1. The average Bonchev–Trinajstić information content (AvgIpc) is 2.66. The van der Waals surface area contributed by atoms with Gasteiger partial charge in [0.2, 0.25) is 11.0 Å². The van der Waals surface area contributed by atoms with Crippen molar-refractivity contribution in [1.29, 1.82) is 0 Å². The Morgan fingerprint density at radius 3 is 2.62 bits per heavy atom. The first-order valence-corrected chi connectivity index (χ1v) is 6.13. The van der Waals surface area contributed by atoms with E-state index in [4.69, 9.17) is 0 Å². The Morgan fingerprint density at radius 2 is 2.00 bits per heavy atom. The zero-order chi connectivity index (χ0) is 11.5. The summed E-state index contributed by atoms with van der Waals surface area (Å²) in [5, 5.41) is 11.8. The molecule has 0 saturated heterocycles. The smallest absolute Gasteiger partial charge is 0.223 e. The third-order valence-corrected chi connectivity index (χ3v) is 3.22. The van der Waals surface area contributed by atoms with Gasteiger partial charge < -0.3 is 5.32 Å². The maximum absolute atomic E-state index is 10.8. The minimum Gasteiger partial charge on any atom is -0.301 e. The van der Waals surface area contributed by atoms with Gasteiger partial charge in [-0.2, -0.15) is 0 Å². The largest absolute Gasteiger partial charge is 0.301 e. The summed E-state index contributed by atoms with van der Waals surface area (Å²) in [5.41, 5.74) is 0.984. The van der Waals surface area contributed by atoms with Crippen LogP contribution in [0.1, 0.15) is 6.92 Å². The molecular formula is C10H8BrN3OS. The van der Waals surface area contributed by atoms with Crippen LogP contribution in [-0.2, 0) is 4.79 Å². The molecule has 16 heavy (non-hydrogen) atoms. The topological polar surface area (TPSA) is 54.9 Å². The number of aromatic nitrogens is 2. The molecule has 2 aromatic rings.